The molecule has 0 aliphatic heterocycles. The van der Waals surface area contributed by atoms with Crippen molar-refractivity contribution in [3.05, 3.63) is 327 Å². The molecular formula is C92H70F2N22O6. The molecular weight excluding hydrogens is 1550 g/mol. The van der Waals surface area contributed by atoms with Gasteiger partial charge in [-0.2, -0.15) is 40.4 Å². The summed E-state index contributed by atoms with van der Waals surface area (Å²) in [6.07, 6.45) is 20.1. The maximum Gasteiger partial charge on any atom is 0.258 e. The summed E-state index contributed by atoms with van der Waals surface area (Å²) in [5.74, 6) is 4.40. The second-order valence-corrected chi connectivity index (χ2v) is 27.9. The first-order valence-corrected chi connectivity index (χ1v) is 37.5. The summed E-state index contributed by atoms with van der Waals surface area (Å²) in [5, 5.41) is 43.7. The summed E-state index contributed by atoms with van der Waals surface area (Å²) in [7, 11) is 8.00. The minimum Gasteiger partial charge on any atom is -0.378 e. The molecule has 122 heavy (non-hydrogen) atoms. The van der Waals surface area contributed by atoms with Gasteiger partial charge in [-0.15, -0.1) is 0 Å². The molecule has 0 bridgehead atoms. The molecule has 0 radical (unpaired) electrons. The Morgan fingerprint density at radius 2 is 0.574 bits per heavy atom. The average molecular weight is 1620 g/mol. The maximum absolute atomic E-state index is 13.4. The van der Waals surface area contributed by atoms with Crippen LogP contribution in [0.1, 0.15) is 37.5 Å². The SMILES string of the molecule is CC(C)(C)c1cccc(-c2nc(-c3ccncc3)no2)c1.CN(C)c1ccc(-c2nc(-c3ccncc3)no2)cc1.CN(C)c1cccc(-c2nc(-c3ccncc3)no2)c1.N#Cc1cc(F)cc(-c2nc(-c3ccncc3)no2)c1.N#Cc1cc(F)cc(-c2nc(-c3ccncc3)no2)c1.c1ccc2cc(-c3nc(-c4ccncc4)no3)ccc2c1. The summed E-state index contributed by atoms with van der Waals surface area (Å²) < 4.78 is 58.4. The first kappa shape index (κ1) is 81.5. The number of aromatic nitrogens is 18. The molecule has 0 saturated heterocycles. The van der Waals surface area contributed by atoms with E-state index < -0.39 is 11.6 Å². The van der Waals surface area contributed by atoms with E-state index >= 15 is 0 Å². The highest BCUT2D eigenvalue weighted by molar-refractivity contribution is 5.86. The van der Waals surface area contributed by atoms with Crippen LogP contribution >= 0.6 is 0 Å². The highest BCUT2D eigenvalue weighted by Crippen LogP contribution is 2.33. The Labute approximate surface area is 696 Å². The zero-order valence-corrected chi connectivity index (χ0v) is 66.3. The van der Waals surface area contributed by atoms with Crippen molar-refractivity contribution in [1.29, 1.82) is 10.5 Å². The summed E-state index contributed by atoms with van der Waals surface area (Å²) in [6.45, 7) is 6.55. The van der Waals surface area contributed by atoms with Crippen LogP contribution in [0.25, 0.3) is 148 Å². The van der Waals surface area contributed by atoms with Crippen molar-refractivity contribution in [2.75, 3.05) is 38.0 Å². The lowest BCUT2D eigenvalue weighted by Gasteiger charge is -2.19. The predicted molar refractivity (Wildman–Crippen MR) is 452 cm³/mol. The number of benzene rings is 7. The molecule has 12 heterocycles. The van der Waals surface area contributed by atoms with E-state index in [1.54, 1.807) is 98.6 Å². The maximum atomic E-state index is 13.4. The molecule has 0 amide bonds. The second kappa shape index (κ2) is 38.6. The molecule has 0 aliphatic carbocycles. The molecule has 598 valence electrons. The quantitative estimate of drug-likeness (QED) is 0.0975. The number of halogens is 2. The van der Waals surface area contributed by atoms with Crippen molar-refractivity contribution >= 4 is 22.1 Å². The van der Waals surface area contributed by atoms with Crippen LogP contribution in [0, 0.1) is 34.3 Å². The van der Waals surface area contributed by atoms with Gasteiger partial charge in [-0.3, -0.25) is 29.9 Å². The number of fused-ring (bicyclic) bond motifs is 1. The van der Waals surface area contributed by atoms with E-state index in [0.29, 0.717) is 69.6 Å². The Hall–Kier alpha value is -17.0. The first-order valence-electron chi connectivity index (χ1n) is 37.5. The highest BCUT2D eigenvalue weighted by atomic mass is 19.1. The van der Waals surface area contributed by atoms with E-state index in [1.807, 2.05) is 178 Å². The zero-order valence-electron chi connectivity index (χ0n) is 66.3. The smallest absolute Gasteiger partial charge is 0.258 e. The lowest BCUT2D eigenvalue weighted by Crippen LogP contribution is -2.10. The van der Waals surface area contributed by atoms with Gasteiger partial charge in [0.15, 0.2) is 0 Å². The van der Waals surface area contributed by atoms with Gasteiger partial charge in [0.2, 0.25) is 34.9 Å². The van der Waals surface area contributed by atoms with Gasteiger partial charge in [0.1, 0.15) is 11.6 Å². The minimum atomic E-state index is -0.525. The fraction of sp³-hybridized carbons (Fsp3) is 0.0870. The molecule has 30 heteroatoms. The average Bonchev–Trinajstić information content (AvgIpc) is 1.51. The molecule has 19 rings (SSSR count). The summed E-state index contributed by atoms with van der Waals surface area (Å²) in [4.78, 5) is 53.9. The van der Waals surface area contributed by atoms with Gasteiger partial charge in [0, 0.05) is 181 Å². The lowest BCUT2D eigenvalue weighted by molar-refractivity contribution is 0.432. The molecule has 7 aromatic carbocycles. The van der Waals surface area contributed by atoms with Crippen LogP contribution in [0.3, 0.4) is 0 Å². The normalized spacial score (nSPS) is 10.6. The Bertz CT molecular complexity index is 6580. The predicted octanol–water partition coefficient (Wildman–Crippen LogP) is 19.4. The van der Waals surface area contributed by atoms with Crippen LogP contribution in [0.5, 0.6) is 0 Å². The number of hydrogen-bond acceptors (Lipinski definition) is 28. The largest absolute Gasteiger partial charge is 0.378 e. The number of nitriles is 2. The summed E-state index contributed by atoms with van der Waals surface area (Å²) in [5.41, 5.74) is 13.4. The van der Waals surface area contributed by atoms with Gasteiger partial charge in [-0.1, -0.05) is 100 Å². The standard InChI is InChI=1S/C17H11N3O.C17H17N3O.2C15H14N4O.2C14H7FN4O/c1-2-4-14-11-15(6-5-12(14)3-1)17-19-16(20-21-17)13-7-9-18-10-8-13;1-17(2,3)14-6-4-5-13(11-14)16-19-15(20-21-16)12-7-9-18-10-8-12;1-19(2)13-5-3-12(4-6-13)15-17-14(18-20-15)11-7-9-16-10-8-11;1-19(2)13-5-3-4-12(10-13)15-17-14(18-20-15)11-6-8-16-9-7-11;2*15-12-6-9(8-16)5-11(7-12)14-18-13(19-20-14)10-1-3-17-4-2-10/h1-11H;4-11H,1-3H3;2*3-10H,1-2H3;2*1-7H. The van der Waals surface area contributed by atoms with Crippen molar-refractivity contribution < 1.29 is 35.9 Å². The van der Waals surface area contributed by atoms with E-state index in [4.69, 9.17) is 37.7 Å². The summed E-state index contributed by atoms with van der Waals surface area (Å²) in [6, 6.07) is 71.8. The minimum absolute atomic E-state index is 0.0873. The van der Waals surface area contributed by atoms with E-state index in [0.717, 1.165) is 84.5 Å². The second-order valence-electron chi connectivity index (χ2n) is 27.9. The Kier molecular flexibility index (Phi) is 25.8. The molecule has 12 aromatic heterocycles. The van der Waals surface area contributed by atoms with Crippen LogP contribution in [0.2, 0.25) is 0 Å². The third-order valence-corrected chi connectivity index (χ3v) is 17.9. The summed E-state index contributed by atoms with van der Waals surface area (Å²) >= 11 is 0. The van der Waals surface area contributed by atoms with Crippen LogP contribution < -0.4 is 9.80 Å². The number of nitrogens with zero attached hydrogens (tertiary/aromatic N) is 22. The number of pyridine rings is 6. The van der Waals surface area contributed by atoms with E-state index in [1.165, 1.54) is 35.2 Å². The Balaban J connectivity index is 0.000000120. The topological polar surface area (TPSA) is 365 Å². The fourth-order valence-corrected chi connectivity index (χ4v) is 11.6. The molecule has 19 aromatic rings. The zero-order chi connectivity index (χ0) is 84.7. The van der Waals surface area contributed by atoms with Crippen molar-refractivity contribution in [3.63, 3.8) is 0 Å². The Morgan fingerprint density at radius 3 is 0.910 bits per heavy atom. The van der Waals surface area contributed by atoms with Gasteiger partial charge in [0.05, 0.1) is 23.3 Å². The van der Waals surface area contributed by atoms with Gasteiger partial charge in [0.25, 0.3) is 35.3 Å². The van der Waals surface area contributed by atoms with E-state index in [2.05, 4.69) is 148 Å². The van der Waals surface area contributed by atoms with Crippen molar-refractivity contribution in [2.45, 2.75) is 26.2 Å². The van der Waals surface area contributed by atoms with Crippen molar-refractivity contribution in [1.82, 2.24) is 90.7 Å². The van der Waals surface area contributed by atoms with E-state index in [-0.39, 0.29) is 28.3 Å². The fourth-order valence-electron chi connectivity index (χ4n) is 11.6. The molecule has 0 saturated carbocycles. The van der Waals surface area contributed by atoms with Crippen LogP contribution in [-0.4, -0.2) is 119 Å². The van der Waals surface area contributed by atoms with E-state index in [9.17, 15) is 8.78 Å². The Morgan fingerprint density at radius 1 is 0.270 bits per heavy atom. The van der Waals surface area contributed by atoms with Crippen molar-refractivity contribution in [3.8, 4) is 149 Å². The molecule has 0 unspecified atom stereocenters. The molecule has 0 spiro atoms. The van der Waals surface area contributed by atoms with Crippen LogP contribution in [-0.2, 0) is 5.41 Å². The van der Waals surface area contributed by atoms with Gasteiger partial charge >= 0.3 is 0 Å². The molecule has 0 atom stereocenters. The lowest BCUT2D eigenvalue weighted by atomic mass is 9.86. The third-order valence-electron chi connectivity index (χ3n) is 17.9. The van der Waals surface area contributed by atoms with Gasteiger partial charge < -0.3 is 36.9 Å². The first-order chi connectivity index (χ1) is 59.4. The van der Waals surface area contributed by atoms with Crippen LogP contribution in [0.15, 0.2) is 326 Å². The molecule has 0 fully saturated rings. The van der Waals surface area contributed by atoms with Crippen LogP contribution in [0.4, 0.5) is 20.2 Å². The molecule has 0 aliphatic rings. The van der Waals surface area contributed by atoms with Crippen molar-refractivity contribution in [2.24, 2.45) is 0 Å². The number of anilines is 2. The third kappa shape index (κ3) is 21.2. The number of rotatable bonds is 14. The monoisotopic (exact) mass is 1620 g/mol. The highest BCUT2D eigenvalue weighted by Gasteiger charge is 2.20. The number of hydrogen-bond donors (Lipinski definition) is 0. The molecule has 0 N–H and O–H groups in total. The van der Waals surface area contributed by atoms with Gasteiger partial charge in [-0.05, 0) is 198 Å². The van der Waals surface area contributed by atoms with Gasteiger partial charge in [-0.25, -0.2) is 8.78 Å². The molecule has 28 nitrogen and oxygen atoms in total.